The number of aryl methyl sites for hydroxylation is 2. The molecule has 36 heavy (non-hydrogen) atoms. The minimum Gasteiger partial charge on any atom is -0.322 e. The molecule has 0 radical (unpaired) electrons. The van der Waals surface area contributed by atoms with Crippen molar-refractivity contribution in [3.8, 4) is 0 Å². The van der Waals surface area contributed by atoms with E-state index in [0.29, 0.717) is 40.0 Å². The molecule has 0 aliphatic carbocycles. The molecule has 190 valence electrons. The van der Waals surface area contributed by atoms with Crippen molar-refractivity contribution < 1.29 is 27.2 Å². The lowest BCUT2D eigenvalue weighted by molar-refractivity contribution is -0.136. The van der Waals surface area contributed by atoms with Gasteiger partial charge in [-0.1, -0.05) is 24.3 Å². The minimum atomic E-state index is -3.66. The van der Waals surface area contributed by atoms with E-state index in [-0.39, 0.29) is 49.9 Å². The maximum atomic E-state index is 15.2. The van der Waals surface area contributed by atoms with Gasteiger partial charge in [-0.25, -0.2) is 12.8 Å². The van der Waals surface area contributed by atoms with Crippen LogP contribution in [0.4, 0.5) is 4.39 Å². The number of rotatable bonds is 4. The molecule has 2 aromatic carbocycles. The van der Waals surface area contributed by atoms with E-state index in [2.05, 4.69) is 5.32 Å². The number of nitrogens with one attached hydrogen (secondary N) is 1. The lowest BCUT2D eigenvalue weighted by Gasteiger charge is -2.32. The standard InChI is InChI=1S/C26H28FN3O5S/c1-15-4-3-5-16(2)24(15)36(34,35)29-10-8-17(9-11-29)19-12-18-14-30(26(33)20(18)13-21(19)27)22-6-7-23(31)28-25(22)32/h3-5,12-13,17,22H,6-11,14H2,1-2H3,(H,28,31,32). The van der Waals surface area contributed by atoms with Crippen LogP contribution in [0.5, 0.6) is 0 Å². The Bertz CT molecular complexity index is 1360. The fourth-order valence-electron chi connectivity index (χ4n) is 5.66. The molecule has 3 heterocycles. The van der Waals surface area contributed by atoms with Gasteiger partial charge < -0.3 is 4.90 Å². The Hall–Kier alpha value is -3.11. The highest BCUT2D eigenvalue weighted by molar-refractivity contribution is 7.89. The Kier molecular flexibility index (Phi) is 6.20. The Morgan fingerprint density at radius 3 is 2.31 bits per heavy atom. The summed E-state index contributed by atoms with van der Waals surface area (Å²) in [6.45, 7) is 4.29. The predicted octanol–water partition coefficient (Wildman–Crippen LogP) is 2.77. The molecule has 5 rings (SSSR count). The van der Waals surface area contributed by atoms with E-state index in [9.17, 15) is 22.8 Å². The molecule has 0 bridgehead atoms. The Balaban J connectivity index is 1.33. The molecule has 1 atom stereocenters. The largest absolute Gasteiger partial charge is 0.322 e. The molecular formula is C26H28FN3O5S. The molecule has 1 unspecified atom stereocenters. The van der Waals surface area contributed by atoms with Crippen molar-refractivity contribution in [1.29, 1.82) is 0 Å². The summed E-state index contributed by atoms with van der Waals surface area (Å²) in [5.74, 6) is -1.97. The van der Waals surface area contributed by atoms with Crippen LogP contribution in [-0.2, 0) is 26.2 Å². The van der Waals surface area contributed by atoms with Crippen molar-refractivity contribution in [1.82, 2.24) is 14.5 Å². The second kappa shape index (κ2) is 9.08. The molecule has 2 aromatic rings. The number of carbonyl (C=O) groups is 3. The van der Waals surface area contributed by atoms with E-state index >= 15 is 4.39 Å². The van der Waals surface area contributed by atoms with Crippen LogP contribution in [-0.4, -0.2) is 54.5 Å². The Labute approximate surface area is 209 Å². The number of imide groups is 1. The first-order valence-corrected chi connectivity index (χ1v) is 13.5. The zero-order valence-corrected chi connectivity index (χ0v) is 21.0. The smallest absolute Gasteiger partial charge is 0.255 e. The molecule has 2 saturated heterocycles. The molecule has 0 aromatic heterocycles. The molecule has 0 saturated carbocycles. The van der Waals surface area contributed by atoms with Crippen molar-refractivity contribution in [3.05, 3.63) is 64.0 Å². The van der Waals surface area contributed by atoms with Crippen LogP contribution in [0.25, 0.3) is 0 Å². The van der Waals surface area contributed by atoms with Crippen LogP contribution < -0.4 is 5.32 Å². The number of nitrogens with zero attached hydrogens (tertiary/aromatic N) is 2. The lowest BCUT2D eigenvalue weighted by atomic mass is 9.88. The van der Waals surface area contributed by atoms with Gasteiger partial charge in [-0.2, -0.15) is 4.31 Å². The van der Waals surface area contributed by atoms with E-state index < -0.39 is 33.7 Å². The number of benzene rings is 2. The van der Waals surface area contributed by atoms with Crippen LogP contribution in [0.15, 0.2) is 35.2 Å². The van der Waals surface area contributed by atoms with E-state index in [0.717, 1.165) is 0 Å². The number of hydrogen-bond acceptors (Lipinski definition) is 5. The molecule has 3 aliphatic heterocycles. The van der Waals surface area contributed by atoms with E-state index in [1.165, 1.54) is 15.3 Å². The predicted molar refractivity (Wildman–Crippen MR) is 129 cm³/mol. The first kappa shape index (κ1) is 24.6. The number of hydrogen-bond donors (Lipinski definition) is 1. The third-order valence-corrected chi connectivity index (χ3v) is 9.75. The third-order valence-electron chi connectivity index (χ3n) is 7.54. The van der Waals surface area contributed by atoms with Gasteiger partial charge >= 0.3 is 0 Å². The van der Waals surface area contributed by atoms with Gasteiger partial charge in [0.15, 0.2) is 0 Å². The average Bonchev–Trinajstić information content (AvgIpc) is 3.13. The summed E-state index contributed by atoms with van der Waals surface area (Å²) in [6, 6.07) is 7.57. The van der Waals surface area contributed by atoms with Crippen LogP contribution in [0.1, 0.15) is 64.2 Å². The van der Waals surface area contributed by atoms with Crippen molar-refractivity contribution in [2.75, 3.05) is 13.1 Å². The SMILES string of the molecule is Cc1cccc(C)c1S(=O)(=O)N1CCC(c2cc3c(cc2F)C(=O)N(C2CCC(=O)NC2=O)C3)CC1. The van der Waals surface area contributed by atoms with Crippen molar-refractivity contribution in [2.24, 2.45) is 0 Å². The van der Waals surface area contributed by atoms with Gasteiger partial charge in [-0.15, -0.1) is 0 Å². The molecule has 8 nitrogen and oxygen atoms in total. The maximum absolute atomic E-state index is 15.2. The fraction of sp³-hybridized carbons (Fsp3) is 0.423. The van der Waals surface area contributed by atoms with Crippen molar-refractivity contribution in [3.63, 3.8) is 0 Å². The summed E-state index contributed by atoms with van der Waals surface area (Å²) in [6.07, 6.45) is 1.32. The number of halogens is 1. The van der Waals surface area contributed by atoms with Gasteiger partial charge in [0.25, 0.3) is 5.91 Å². The van der Waals surface area contributed by atoms with E-state index in [1.54, 1.807) is 32.0 Å². The summed E-state index contributed by atoms with van der Waals surface area (Å²) < 4.78 is 43.3. The third kappa shape index (κ3) is 4.12. The molecule has 1 N–H and O–H groups in total. The molecule has 2 fully saturated rings. The van der Waals surface area contributed by atoms with Crippen molar-refractivity contribution >= 4 is 27.7 Å². The lowest BCUT2D eigenvalue weighted by Crippen LogP contribution is -2.52. The van der Waals surface area contributed by atoms with Gasteiger partial charge in [-0.05, 0) is 67.3 Å². The van der Waals surface area contributed by atoms with E-state index in [1.807, 2.05) is 6.07 Å². The number of piperidine rings is 2. The molecular weight excluding hydrogens is 485 g/mol. The van der Waals surface area contributed by atoms with Crippen LogP contribution >= 0.6 is 0 Å². The second-order valence-corrected chi connectivity index (χ2v) is 11.7. The first-order valence-electron chi connectivity index (χ1n) is 12.1. The maximum Gasteiger partial charge on any atom is 0.255 e. The van der Waals surface area contributed by atoms with Crippen LogP contribution in [0.3, 0.4) is 0 Å². The second-order valence-electron chi connectivity index (χ2n) is 9.83. The minimum absolute atomic E-state index is 0.152. The molecule has 10 heteroatoms. The highest BCUT2D eigenvalue weighted by Gasteiger charge is 2.40. The number of carbonyl (C=O) groups excluding carboxylic acids is 3. The zero-order chi connectivity index (χ0) is 25.8. The van der Waals surface area contributed by atoms with Gasteiger partial charge in [0.1, 0.15) is 11.9 Å². The summed E-state index contributed by atoms with van der Waals surface area (Å²) in [7, 11) is -3.66. The van der Waals surface area contributed by atoms with E-state index in [4.69, 9.17) is 0 Å². The highest BCUT2D eigenvalue weighted by atomic mass is 32.2. The monoisotopic (exact) mass is 513 g/mol. The number of amides is 3. The summed E-state index contributed by atoms with van der Waals surface area (Å²) in [4.78, 5) is 38.4. The summed E-state index contributed by atoms with van der Waals surface area (Å²) in [5.41, 5.74) is 2.75. The zero-order valence-electron chi connectivity index (χ0n) is 20.2. The molecule has 3 aliphatic rings. The van der Waals surface area contributed by atoms with Crippen LogP contribution in [0, 0.1) is 19.7 Å². The Morgan fingerprint density at radius 1 is 1.00 bits per heavy atom. The summed E-state index contributed by atoms with van der Waals surface area (Å²) in [5, 5.41) is 2.26. The molecule has 3 amide bonds. The van der Waals surface area contributed by atoms with Gasteiger partial charge in [-0.3, -0.25) is 19.7 Å². The Morgan fingerprint density at radius 2 is 1.67 bits per heavy atom. The van der Waals surface area contributed by atoms with Crippen LogP contribution in [0.2, 0.25) is 0 Å². The normalized spacial score (nSPS) is 21.6. The fourth-order valence-corrected chi connectivity index (χ4v) is 7.56. The average molecular weight is 514 g/mol. The van der Waals surface area contributed by atoms with Gasteiger partial charge in [0.2, 0.25) is 21.8 Å². The van der Waals surface area contributed by atoms with Gasteiger partial charge in [0, 0.05) is 31.6 Å². The number of fused-ring (bicyclic) bond motifs is 1. The van der Waals surface area contributed by atoms with Crippen molar-refractivity contribution in [2.45, 2.75) is 62.9 Å². The first-order chi connectivity index (χ1) is 17.1. The van der Waals surface area contributed by atoms with Gasteiger partial charge in [0.05, 0.1) is 4.90 Å². The summed E-state index contributed by atoms with van der Waals surface area (Å²) >= 11 is 0. The number of sulfonamides is 1. The highest BCUT2D eigenvalue weighted by Crippen LogP contribution is 2.37. The topological polar surface area (TPSA) is 104 Å². The molecule has 0 spiro atoms. The quantitative estimate of drug-likeness (QED) is 0.634.